The van der Waals surface area contributed by atoms with Crippen LogP contribution in [0.2, 0.25) is 0 Å². The van der Waals surface area contributed by atoms with Crippen LogP contribution in [0.4, 0.5) is 10.1 Å². The molecule has 3 aromatic rings. The molecule has 0 spiro atoms. The van der Waals surface area contributed by atoms with Gasteiger partial charge in [0, 0.05) is 17.4 Å². The predicted octanol–water partition coefficient (Wildman–Crippen LogP) is 2.92. The Morgan fingerprint density at radius 3 is 2.72 bits per heavy atom. The molecule has 0 saturated carbocycles. The lowest BCUT2D eigenvalue weighted by Crippen LogP contribution is -2.30. The number of anilines is 1. The van der Waals surface area contributed by atoms with E-state index in [1.54, 1.807) is 18.2 Å². The van der Waals surface area contributed by atoms with Crippen LogP contribution in [-0.2, 0) is 9.53 Å². The number of ether oxygens (including phenoxy) is 3. The summed E-state index contributed by atoms with van der Waals surface area (Å²) in [6.07, 6.45) is 1.65. The van der Waals surface area contributed by atoms with Crippen LogP contribution in [0.3, 0.4) is 0 Å². The Morgan fingerprint density at radius 2 is 1.93 bits per heavy atom. The van der Waals surface area contributed by atoms with Crippen LogP contribution >= 0.6 is 0 Å². The van der Waals surface area contributed by atoms with Crippen LogP contribution in [-0.4, -0.2) is 34.3 Å². The average molecular weight is 397 g/mol. The van der Waals surface area contributed by atoms with E-state index >= 15 is 0 Å². The van der Waals surface area contributed by atoms with Gasteiger partial charge >= 0.3 is 5.97 Å². The van der Waals surface area contributed by atoms with Crippen molar-refractivity contribution in [1.82, 2.24) is 9.55 Å². The summed E-state index contributed by atoms with van der Waals surface area (Å²) >= 11 is 0. The van der Waals surface area contributed by atoms with Crippen molar-refractivity contribution in [1.29, 1.82) is 0 Å². The highest BCUT2D eigenvalue weighted by atomic mass is 19.1. The van der Waals surface area contributed by atoms with Crippen LogP contribution < -0.4 is 14.8 Å². The summed E-state index contributed by atoms with van der Waals surface area (Å²) in [5.74, 6) is -0.524. The molecule has 1 aromatic heterocycles. The SMILES string of the molecule is C[C@@H](OC(=O)c1cncn1-c1ccc(F)cc1)C(=O)Nc1ccc2c(c1)OCO2. The quantitative estimate of drug-likeness (QED) is 0.666. The first-order valence-corrected chi connectivity index (χ1v) is 8.71. The highest BCUT2D eigenvalue weighted by molar-refractivity contribution is 5.97. The van der Waals surface area contributed by atoms with Gasteiger partial charge in [0.15, 0.2) is 23.3 Å². The van der Waals surface area contributed by atoms with Crippen LogP contribution in [0.25, 0.3) is 5.69 Å². The van der Waals surface area contributed by atoms with Crippen molar-refractivity contribution >= 4 is 17.6 Å². The number of benzene rings is 2. The average Bonchev–Trinajstić information content (AvgIpc) is 3.37. The van der Waals surface area contributed by atoms with E-state index < -0.39 is 23.8 Å². The van der Waals surface area contributed by atoms with Gasteiger partial charge in [-0.1, -0.05) is 0 Å². The number of nitrogens with one attached hydrogen (secondary N) is 1. The summed E-state index contributed by atoms with van der Waals surface area (Å²) in [5, 5.41) is 2.66. The first kappa shape index (κ1) is 18.5. The largest absolute Gasteiger partial charge is 0.454 e. The maximum absolute atomic E-state index is 13.1. The normalized spacial score (nSPS) is 13.0. The minimum Gasteiger partial charge on any atom is -0.454 e. The van der Waals surface area contributed by atoms with Crippen molar-refractivity contribution in [2.75, 3.05) is 12.1 Å². The molecule has 1 amide bonds. The zero-order valence-corrected chi connectivity index (χ0v) is 15.3. The second kappa shape index (κ2) is 7.63. The van der Waals surface area contributed by atoms with Gasteiger partial charge in [-0.05, 0) is 43.3 Å². The third-order valence-electron chi connectivity index (χ3n) is 4.25. The fourth-order valence-corrected chi connectivity index (χ4v) is 2.75. The molecule has 1 aliphatic rings. The Kier molecular flexibility index (Phi) is 4.86. The van der Waals surface area contributed by atoms with Crippen LogP contribution in [0, 0.1) is 5.82 Å². The Bertz CT molecular complexity index is 1060. The minimum absolute atomic E-state index is 0.110. The van der Waals surface area contributed by atoms with Gasteiger partial charge in [-0.2, -0.15) is 0 Å². The zero-order chi connectivity index (χ0) is 20.4. The number of hydrogen-bond donors (Lipinski definition) is 1. The Balaban J connectivity index is 1.43. The molecule has 29 heavy (non-hydrogen) atoms. The van der Waals surface area contributed by atoms with Gasteiger partial charge in [0.2, 0.25) is 6.79 Å². The number of rotatable bonds is 5. The molecule has 2 heterocycles. The molecule has 148 valence electrons. The van der Waals surface area contributed by atoms with E-state index in [1.165, 1.54) is 48.3 Å². The molecule has 9 heteroatoms. The van der Waals surface area contributed by atoms with E-state index in [1.807, 2.05) is 0 Å². The zero-order valence-electron chi connectivity index (χ0n) is 15.3. The van der Waals surface area contributed by atoms with Crippen molar-refractivity contribution in [3.05, 3.63) is 66.5 Å². The smallest absolute Gasteiger partial charge is 0.357 e. The first-order valence-electron chi connectivity index (χ1n) is 8.71. The van der Waals surface area contributed by atoms with Crippen molar-refractivity contribution in [3.8, 4) is 17.2 Å². The number of halogens is 1. The molecule has 0 unspecified atom stereocenters. The molecular weight excluding hydrogens is 381 g/mol. The molecule has 0 fully saturated rings. The fraction of sp³-hybridized carbons (Fsp3) is 0.150. The molecule has 1 N–H and O–H groups in total. The summed E-state index contributed by atoms with van der Waals surface area (Å²) in [6, 6.07) is 10.5. The third-order valence-corrected chi connectivity index (χ3v) is 4.25. The summed E-state index contributed by atoms with van der Waals surface area (Å²) in [4.78, 5) is 28.8. The van der Waals surface area contributed by atoms with Crippen LogP contribution in [0.15, 0.2) is 55.0 Å². The molecule has 0 radical (unpaired) electrons. The van der Waals surface area contributed by atoms with E-state index in [0.29, 0.717) is 22.9 Å². The van der Waals surface area contributed by atoms with Gasteiger partial charge < -0.3 is 19.5 Å². The summed E-state index contributed by atoms with van der Waals surface area (Å²) in [6.45, 7) is 1.58. The van der Waals surface area contributed by atoms with Gasteiger partial charge in [-0.3, -0.25) is 9.36 Å². The molecule has 2 aromatic carbocycles. The maximum atomic E-state index is 13.1. The van der Waals surface area contributed by atoms with Crippen LogP contribution in [0.1, 0.15) is 17.4 Å². The molecule has 0 aliphatic carbocycles. The number of amides is 1. The highest BCUT2D eigenvalue weighted by Crippen LogP contribution is 2.34. The summed E-state index contributed by atoms with van der Waals surface area (Å²) in [7, 11) is 0. The fourth-order valence-electron chi connectivity index (χ4n) is 2.75. The van der Waals surface area contributed by atoms with Crippen molar-refractivity contribution in [2.45, 2.75) is 13.0 Å². The number of carbonyl (C=O) groups excluding carboxylic acids is 2. The lowest BCUT2D eigenvalue weighted by atomic mass is 10.2. The molecule has 8 nitrogen and oxygen atoms in total. The maximum Gasteiger partial charge on any atom is 0.357 e. The number of aromatic nitrogens is 2. The van der Waals surface area contributed by atoms with Crippen LogP contribution in [0.5, 0.6) is 11.5 Å². The van der Waals surface area contributed by atoms with Gasteiger partial charge in [-0.25, -0.2) is 14.2 Å². The number of esters is 1. The second-order valence-corrected chi connectivity index (χ2v) is 6.23. The third kappa shape index (κ3) is 3.88. The van der Waals surface area contributed by atoms with E-state index in [4.69, 9.17) is 14.2 Å². The van der Waals surface area contributed by atoms with Crippen molar-refractivity contribution < 1.29 is 28.2 Å². The van der Waals surface area contributed by atoms with Gasteiger partial charge in [0.1, 0.15) is 5.82 Å². The Labute approximate surface area is 164 Å². The molecule has 1 atom stereocenters. The van der Waals surface area contributed by atoms with Crippen molar-refractivity contribution in [3.63, 3.8) is 0 Å². The van der Waals surface area contributed by atoms with E-state index in [2.05, 4.69) is 10.3 Å². The Morgan fingerprint density at radius 1 is 1.17 bits per heavy atom. The monoisotopic (exact) mass is 397 g/mol. The van der Waals surface area contributed by atoms with E-state index in [9.17, 15) is 14.0 Å². The van der Waals surface area contributed by atoms with Gasteiger partial charge in [-0.15, -0.1) is 0 Å². The number of nitrogens with zero attached hydrogens (tertiary/aromatic N) is 2. The summed E-state index contributed by atoms with van der Waals surface area (Å²) < 4.78 is 30.3. The van der Waals surface area contributed by atoms with Crippen molar-refractivity contribution in [2.24, 2.45) is 0 Å². The number of imidazole rings is 1. The molecule has 0 bridgehead atoms. The molecule has 4 rings (SSSR count). The number of fused-ring (bicyclic) bond motifs is 1. The first-order chi connectivity index (χ1) is 14.0. The van der Waals surface area contributed by atoms with E-state index in [0.717, 1.165) is 0 Å². The number of carbonyl (C=O) groups is 2. The molecule has 0 saturated heterocycles. The molecule has 1 aliphatic heterocycles. The van der Waals surface area contributed by atoms with Gasteiger partial charge in [0.05, 0.1) is 12.5 Å². The predicted molar refractivity (Wildman–Crippen MR) is 99.6 cm³/mol. The lowest BCUT2D eigenvalue weighted by molar-refractivity contribution is -0.123. The highest BCUT2D eigenvalue weighted by Gasteiger charge is 2.23. The van der Waals surface area contributed by atoms with E-state index in [-0.39, 0.29) is 12.5 Å². The lowest BCUT2D eigenvalue weighted by Gasteiger charge is -2.14. The molecular formula is C20H16FN3O5. The minimum atomic E-state index is -1.07. The van der Waals surface area contributed by atoms with Gasteiger partial charge in [0.25, 0.3) is 5.91 Å². The standard InChI is InChI=1S/C20H16FN3O5/c1-12(19(25)23-14-4-7-17-18(8-14)28-11-27-17)29-20(26)16-9-22-10-24(16)15-5-2-13(21)3-6-15/h2-10,12H,11H2,1H3,(H,23,25)/t12-/m1/s1. The summed E-state index contributed by atoms with van der Waals surface area (Å²) in [5.41, 5.74) is 1.13. The number of hydrogen-bond acceptors (Lipinski definition) is 6. The Hall–Kier alpha value is -3.88. The second-order valence-electron chi connectivity index (χ2n) is 6.23. The topological polar surface area (TPSA) is 91.7 Å².